The maximum absolute atomic E-state index is 12.9. The van der Waals surface area contributed by atoms with Crippen molar-refractivity contribution >= 4 is 22.8 Å². The van der Waals surface area contributed by atoms with Crippen molar-refractivity contribution in [2.75, 3.05) is 21.3 Å². The molecule has 0 saturated heterocycles. The van der Waals surface area contributed by atoms with E-state index in [0.29, 0.717) is 28.4 Å². The van der Waals surface area contributed by atoms with Crippen LogP contribution in [0.5, 0.6) is 17.2 Å². The Morgan fingerprint density at radius 2 is 1.65 bits per heavy atom. The lowest BCUT2D eigenvalue weighted by atomic mass is 10.0. The van der Waals surface area contributed by atoms with Crippen molar-refractivity contribution in [1.29, 1.82) is 0 Å². The number of ether oxygens (including phenoxy) is 3. The second-order valence-electron chi connectivity index (χ2n) is 5.89. The molecule has 0 radical (unpaired) electrons. The van der Waals surface area contributed by atoms with Crippen LogP contribution in [0, 0.1) is 0 Å². The number of rotatable bonds is 6. The van der Waals surface area contributed by atoms with Gasteiger partial charge in [0, 0.05) is 17.3 Å². The highest BCUT2D eigenvalue weighted by Gasteiger charge is 2.17. The number of aromatic nitrogens is 1. The molecule has 0 amide bonds. The Hall–Kier alpha value is -3.21. The maximum atomic E-state index is 12.9. The lowest BCUT2D eigenvalue weighted by Gasteiger charge is -2.13. The van der Waals surface area contributed by atoms with Gasteiger partial charge in [0.05, 0.1) is 21.3 Å². The molecule has 0 aliphatic carbocycles. The third kappa shape index (κ3) is 3.28. The fourth-order valence-corrected chi connectivity index (χ4v) is 2.91. The van der Waals surface area contributed by atoms with Crippen LogP contribution in [-0.2, 0) is 0 Å². The lowest BCUT2D eigenvalue weighted by molar-refractivity contribution is 0.103. The van der Waals surface area contributed by atoms with E-state index in [9.17, 15) is 4.79 Å². The van der Waals surface area contributed by atoms with Crippen LogP contribution in [0.3, 0.4) is 0 Å². The Bertz CT molecular complexity index is 960. The molecule has 0 fully saturated rings. The first-order valence-electron chi connectivity index (χ1n) is 8.17. The molecule has 134 valence electrons. The van der Waals surface area contributed by atoms with E-state index >= 15 is 0 Å². The van der Waals surface area contributed by atoms with E-state index < -0.39 is 0 Å². The van der Waals surface area contributed by atoms with Crippen LogP contribution in [0.15, 0.2) is 48.2 Å². The second-order valence-corrected chi connectivity index (χ2v) is 5.89. The molecule has 1 aromatic heterocycles. The van der Waals surface area contributed by atoms with E-state index in [1.54, 1.807) is 19.1 Å². The summed E-state index contributed by atoms with van der Waals surface area (Å²) in [5.41, 5.74) is 3.09. The van der Waals surface area contributed by atoms with Gasteiger partial charge in [0.2, 0.25) is 5.75 Å². The number of hydrogen-bond acceptors (Lipinski definition) is 4. The summed E-state index contributed by atoms with van der Waals surface area (Å²) in [5.74, 6) is 1.27. The van der Waals surface area contributed by atoms with Crippen LogP contribution in [-0.4, -0.2) is 32.1 Å². The summed E-state index contributed by atoms with van der Waals surface area (Å²) in [4.78, 5) is 16.0. The minimum atomic E-state index is -0.101. The van der Waals surface area contributed by atoms with Gasteiger partial charge in [-0.1, -0.05) is 12.1 Å². The summed E-state index contributed by atoms with van der Waals surface area (Å²) in [6.45, 7) is 1.80. The van der Waals surface area contributed by atoms with Crippen LogP contribution in [0.4, 0.5) is 0 Å². The molecule has 0 bridgehead atoms. The molecular weight excluding hydrogens is 330 g/mol. The number of benzene rings is 2. The van der Waals surface area contributed by atoms with Gasteiger partial charge in [0.15, 0.2) is 17.3 Å². The monoisotopic (exact) mass is 351 g/mol. The lowest BCUT2D eigenvalue weighted by Crippen LogP contribution is -2.04. The molecule has 26 heavy (non-hydrogen) atoms. The Kier molecular flexibility index (Phi) is 4.98. The number of fused-ring (bicyclic) bond motifs is 1. The molecule has 0 aliphatic heterocycles. The third-order valence-corrected chi connectivity index (χ3v) is 4.25. The van der Waals surface area contributed by atoms with Gasteiger partial charge < -0.3 is 19.2 Å². The first-order valence-corrected chi connectivity index (χ1v) is 8.17. The molecular formula is C21H21NO4. The van der Waals surface area contributed by atoms with Crippen molar-refractivity contribution in [3.05, 3.63) is 59.3 Å². The van der Waals surface area contributed by atoms with E-state index in [4.69, 9.17) is 14.2 Å². The molecule has 0 spiro atoms. The number of carbonyl (C=O) groups excluding carboxylic acids is 1. The smallest absolute Gasteiger partial charge is 0.203 e. The number of allylic oxidation sites excluding steroid dienone is 1. The number of aromatic amines is 1. The Balaban J connectivity index is 1.97. The molecule has 3 aromatic rings. The molecule has 3 rings (SSSR count). The number of carbonyl (C=O) groups is 1. The molecule has 1 heterocycles. The van der Waals surface area contributed by atoms with E-state index in [0.717, 1.165) is 16.5 Å². The fraction of sp³-hybridized carbons (Fsp3) is 0.190. The summed E-state index contributed by atoms with van der Waals surface area (Å²) in [6.07, 6.45) is 3.76. The van der Waals surface area contributed by atoms with Crippen molar-refractivity contribution < 1.29 is 19.0 Å². The average Bonchev–Trinajstić information content (AvgIpc) is 3.13. The number of ketones is 1. The van der Waals surface area contributed by atoms with Crippen LogP contribution in [0.1, 0.15) is 22.8 Å². The van der Waals surface area contributed by atoms with Crippen molar-refractivity contribution in [3.8, 4) is 17.2 Å². The van der Waals surface area contributed by atoms with Crippen LogP contribution >= 0.6 is 0 Å². The number of Topliss-reactive ketones (excluding diaryl/α,β-unsaturated/α-hetero) is 1. The summed E-state index contributed by atoms with van der Waals surface area (Å²) < 4.78 is 16.0. The SMILES string of the molecule is COc1cc(C(=O)/C(C)=C/c2ccc3cc[nH]c3c2)cc(OC)c1OC. The van der Waals surface area contributed by atoms with Crippen LogP contribution in [0.25, 0.3) is 17.0 Å². The van der Waals surface area contributed by atoms with Gasteiger partial charge in [-0.05, 0) is 53.8 Å². The molecule has 0 unspecified atom stereocenters. The van der Waals surface area contributed by atoms with Crippen molar-refractivity contribution in [1.82, 2.24) is 4.98 Å². The van der Waals surface area contributed by atoms with E-state index in [1.165, 1.54) is 21.3 Å². The van der Waals surface area contributed by atoms with Gasteiger partial charge in [0.1, 0.15) is 0 Å². The molecule has 5 heteroatoms. The van der Waals surface area contributed by atoms with Crippen molar-refractivity contribution in [3.63, 3.8) is 0 Å². The quantitative estimate of drug-likeness (QED) is 0.525. The zero-order chi connectivity index (χ0) is 18.7. The molecule has 2 aromatic carbocycles. The third-order valence-electron chi connectivity index (χ3n) is 4.25. The highest BCUT2D eigenvalue weighted by atomic mass is 16.5. The summed E-state index contributed by atoms with van der Waals surface area (Å²) in [5, 5.41) is 1.13. The molecule has 5 nitrogen and oxygen atoms in total. The first kappa shape index (κ1) is 17.6. The van der Waals surface area contributed by atoms with Gasteiger partial charge in [0.25, 0.3) is 0 Å². The number of nitrogens with one attached hydrogen (secondary N) is 1. The highest BCUT2D eigenvalue weighted by Crippen LogP contribution is 2.38. The highest BCUT2D eigenvalue weighted by molar-refractivity contribution is 6.11. The minimum absolute atomic E-state index is 0.101. The van der Waals surface area contributed by atoms with E-state index in [-0.39, 0.29) is 5.78 Å². The summed E-state index contributed by atoms with van der Waals surface area (Å²) in [6, 6.07) is 11.4. The van der Waals surface area contributed by atoms with Gasteiger partial charge in [-0.3, -0.25) is 4.79 Å². The first-order chi connectivity index (χ1) is 12.6. The second kappa shape index (κ2) is 7.35. The predicted octanol–water partition coefficient (Wildman–Crippen LogP) is 4.48. The number of H-pyrrole nitrogens is 1. The normalized spacial score (nSPS) is 11.5. The van der Waals surface area contributed by atoms with Gasteiger partial charge in [-0.15, -0.1) is 0 Å². The van der Waals surface area contributed by atoms with Crippen molar-refractivity contribution in [2.24, 2.45) is 0 Å². The summed E-state index contributed by atoms with van der Waals surface area (Å²) in [7, 11) is 4.59. The van der Waals surface area contributed by atoms with Crippen molar-refractivity contribution in [2.45, 2.75) is 6.92 Å². The Labute approximate surface area is 152 Å². The minimum Gasteiger partial charge on any atom is -0.493 e. The fourth-order valence-electron chi connectivity index (χ4n) is 2.91. The standard InChI is InChI=1S/C21H21NO4/c1-13(9-14-5-6-15-7-8-22-17(15)10-14)20(23)16-11-18(24-2)21(26-4)19(12-16)25-3/h5-12,22H,1-4H3/b13-9+. The van der Waals surface area contributed by atoms with E-state index in [1.807, 2.05) is 36.5 Å². The Morgan fingerprint density at radius 3 is 2.27 bits per heavy atom. The molecule has 0 saturated carbocycles. The molecule has 0 atom stereocenters. The average molecular weight is 351 g/mol. The summed E-state index contributed by atoms with van der Waals surface area (Å²) >= 11 is 0. The molecule has 0 aliphatic rings. The van der Waals surface area contributed by atoms with E-state index in [2.05, 4.69) is 4.98 Å². The predicted molar refractivity (Wildman–Crippen MR) is 102 cm³/mol. The Morgan fingerprint density at radius 1 is 0.962 bits per heavy atom. The van der Waals surface area contributed by atoms with Gasteiger partial charge >= 0.3 is 0 Å². The van der Waals surface area contributed by atoms with Crippen LogP contribution < -0.4 is 14.2 Å². The van der Waals surface area contributed by atoms with Crippen LogP contribution in [0.2, 0.25) is 0 Å². The zero-order valence-electron chi connectivity index (χ0n) is 15.3. The number of methoxy groups -OCH3 is 3. The van der Waals surface area contributed by atoms with Gasteiger partial charge in [-0.2, -0.15) is 0 Å². The topological polar surface area (TPSA) is 60.6 Å². The molecule has 1 N–H and O–H groups in total. The maximum Gasteiger partial charge on any atom is 0.203 e. The largest absolute Gasteiger partial charge is 0.493 e. The van der Waals surface area contributed by atoms with Gasteiger partial charge in [-0.25, -0.2) is 0 Å². The number of hydrogen-bond donors (Lipinski definition) is 1. The zero-order valence-corrected chi connectivity index (χ0v) is 15.3.